The van der Waals surface area contributed by atoms with Gasteiger partial charge in [0.15, 0.2) is 0 Å². The van der Waals surface area contributed by atoms with Crippen LogP contribution in [0.25, 0.3) is 0 Å². The van der Waals surface area contributed by atoms with E-state index in [0.717, 1.165) is 5.56 Å². The number of rotatable bonds is 2. The summed E-state index contributed by atoms with van der Waals surface area (Å²) in [4.78, 5) is 35.2. The molecule has 3 amide bonds. The van der Waals surface area contributed by atoms with Gasteiger partial charge in [0.25, 0.3) is 0 Å². The molecule has 3 rings (SSSR count). The van der Waals surface area contributed by atoms with Gasteiger partial charge in [-0.3, -0.25) is 19.7 Å². The maximum absolute atomic E-state index is 12.4. The van der Waals surface area contributed by atoms with E-state index in [1.54, 1.807) is 0 Å². The number of hydrogen-bond donors (Lipinski definition) is 2. The molecule has 0 bridgehead atoms. The van der Waals surface area contributed by atoms with Gasteiger partial charge in [0.1, 0.15) is 11.8 Å². The minimum Gasteiger partial charge on any atom is -0.493 e. The first-order valence-corrected chi connectivity index (χ1v) is 7.01. The molecule has 2 heterocycles. The predicted molar refractivity (Wildman–Crippen MR) is 73.6 cm³/mol. The van der Waals surface area contributed by atoms with Crippen LogP contribution in [0.2, 0.25) is 0 Å². The number of hydrogen-bond acceptors (Lipinski definition) is 4. The molecule has 6 heteroatoms. The second-order valence-electron chi connectivity index (χ2n) is 5.24. The molecule has 1 fully saturated rings. The highest BCUT2D eigenvalue weighted by molar-refractivity contribution is 6.02. The summed E-state index contributed by atoms with van der Waals surface area (Å²) in [5.74, 6) is -0.519. The zero-order valence-electron chi connectivity index (χ0n) is 11.4. The van der Waals surface area contributed by atoms with Crippen LogP contribution in [-0.4, -0.2) is 30.4 Å². The average molecular weight is 288 g/mol. The number of benzene rings is 1. The van der Waals surface area contributed by atoms with Crippen molar-refractivity contribution >= 4 is 17.7 Å². The topological polar surface area (TPSA) is 84.5 Å². The number of para-hydroxylation sites is 1. The maximum atomic E-state index is 12.4. The Morgan fingerprint density at radius 2 is 2.05 bits per heavy atom. The molecule has 0 radical (unpaired) electrons. The van der Waals surface area contributed by atoms with Crippen molar-refractivity contribution in [1.29, 1.82) is 0 Å². The Hall–Kier alpha value is -2.37. The number of fused-ring (bicyclic) bond motifs is 1. The minimum absolute atomic E-state index is 0.194. The van der Waals surface area contributed by atoms with Crippen LogP contribution in [-0.2, 0) is 14.4 Å². The lowest BCUT2D eigenvalue weighted by atomic mass is 9.91. The summed E-state index contributed by atoms with van der Waals surface area (Å²) in [5, 5.41) is 4.98. The van der Waals surface area contributed by atoms with Crippen molar-refractivity contribution in [2.24, 2.45) is 0 Å². The monoisotopic (exact) mass is 288 g/mol. The highest BCUT2D eigenvalue weighted by Crippen LogP contribution is 2.33. The second kappa shape index (κ2) is 5.55. The molecular formula is C15H16N2O4. The molecule has 1 aromatic rings. The number of imide groups is 1. The summed E-state index contributed by atoms with van der Waals surface area (Å²) < 4.78 is 5.53. The first-order chi connectivity index (χ1) is 10.1. The predicted octanol–water partition coefficient (Wildman–Crippen LogP) is 0.474. The van der Waals surface area contributed by atoms with Crippen LogP contribution < -0.4 is 15.4 Å². The third-order valence-electron chi connectivity index (χ3n) is 3.83. The van der Waals surface area contributed by atoms with E-state index in [0.29, 0.717) is 25.2 Å². The Morgan fingerprint density at radius 3 is 2.86 bits per heavy atom. The van der Waals surface area contributed by atoms with E-state index < -0.39 is 11.9 Å². The second-order valence-corrected chi connectivity index (χ2v) is 5.24. The highest BCUT2D eigenvalue weighted by Gasteiger charge is 2.32. The Bertz CT molecular complexity index is 599. The lowest BCUT2D eigenvalue weighted by molar-refractivity contribution is -0.137. The van der Waals surface area contributed by atoms with Gasteiger partial charge in [-0.15, -0.1) is 0 Å². The Balaban J connectivity index is 1.72. The fraction of sp³-hybridized carbons (Fsp3) is 0.400. The van der Waals surface area contributed by atoms with Gasteiger partial charge in [0, 0.05) is 12.0 Å². The maximum Gasteiger partial charge on any atom is 0.249 e. The van der Waals surface area contributed by atoms with Crippen molar-refractivity contribution in [1.82, 2.24) is 10.6 Å². The normalized spacial score (nSPS) is 24.6. The molecule has 1 saturated heterocycles. The van der Waals surface area contributed by atoms with Crippen molar-refractivity contribution in [3.63, 3.8) is 0 Å². The van der Waals surface area contributed by atoms with Gasteiger partial charge >= 0.3 is 0 Å². The molecule has 2 aliphatic heterocycles. The van der Waals surface area contributed by atoms with Crippen molar-refractivity contribution in [3.05, 3.63) is 29.8 Å². The molecule has 1 aromatic carbocycles. The molecule has 2 atom stereocenters. The summed E-state index contributed by atoms with van der Waals surface area (Å²) in [5.41, 5.74) is 0.841. The number of piperidine rings is 1. The molecule has 0 aliphatic carbocycles. The number of carbonyl (C=O) groups excluding carboxylic acids is 3. The standard InChI is InChI=1S/C15H16N2O4/c18-13-6-5-11(15(20)17-13)16-14(19)10-7-8-21-12-4-2-1-3-9(10)12/h1-4,10-11H,5-8H2,(H,16,19)(H,17,18,20)/t10?,11-/m1/s1. The first-order valence-electron chi connectivity index (χ1n) is 7.01. The van der Waals surface area contributed by atoms with Crippen LogP contribution in [0, 0.1) is 0 Å². The smallest absolute Gasteiger partial charge is 0.249 e. The van der Waals surface area contributed by atoms with Gasteiger partial charge in [-0.25, -0.2) is 0 Å². The summed E-state index contributed by atoms with van der Waals surface area (Å²) in [6.07, 6.45) is 1.18. The zero-order valence-corrected chi connectivity index (χ0v) is 11.4. The lowest BCUT2D eigenvalue weighted by Gasteiger charge is -2.28. The molecule has 0 spiro atoms. The Morgan fingerprint density at radius 1 is 1.24 bits per heavy atom. The van der Waals surface area contributed by atoms with E-state index >= 15 is 0 Å². The minimum atomic E-state index is -0.634. The molecule has 1 unspecified atom stereocenters. The van der Waals surface area contributed by atoms with Crippen molar-refractivity contribution in [3.8, 4) is 5.75 Å². The summed E-state index contributed by atoms with van der Waals surface area (Å²) in [6, 6.07) is 6.79. The van der Waals surface area contributed by atoms with E-state index in [9.17, 15) is 14.4 Å². The summed E-state index contributed by atoms with van der Waals surface area (Å²) >= 11 is 0. The Labute approximate surface area is 121 Å². The van der Waals surface area contributed by atoms with Crippen LogP contribution in [0.15, 0.2) is 24.3 Å². The van der Waals surface area contributed by atoms with E-state index in [4.69, 9.17) is 4.74 Å². The largest absolute Gasteiger partial charge is 0.493 e. The third-order valence-corrected chi connectivity index (χ3v) is 3.83. The van der Waals surface area contributed by atoms with Crippen molar-refractivity contribution < 1.29 is 19.1 Å². The number of amides is 3. The van der Waals surface area contributed by atoms with Gasteiger partial charge in [-0.2, -0.15) is 0 Å². The zero-order chi connectivity index (χ0) is 14.8. The van der Waals surface area contributed by atoms with Crippen LogP contribution in [0.3, 0.4) is 0 Å². The molecule has 0 saturated carbocycles. The number of ether oxygens (including phenoxy) is 1. The van der Waals surface area contributed by atoms with Crippen LogP contribution in [0.4, 0.5) is 0 Å². The van der Waals surface area contributed by atoms with Gasteiger partial charge < -0.3 is 10.1 Å². The first kappa shape index (κ1) is 13.6. The Kier molecular flexibility index (Phi) is 3.60. The van der Waals surface area contributed by atoms with E-state index in [1.165, 1.54) is 0 Å². The molecule has 6 nitrogen and oxygen atoms in total. The van der Waals surface area contributed by atoms with Gasteiger partial charge in [0.2, 0.25) is 17.7 Å². The van der Waals surface area contributed by atoms with Gasteiger partial charge in [-0.1, -0.05) is 18.2 Å². The summed E-state index contributed by atoms with van der Waals surface area (Å²) in [6.45, 7) is 0.477. The third kappa shape index (κ3) is 2.74. The molecule has 21 heavy (non-hydrogen) atoms. The number of nitrogens with one attached hydrogen (secondary N) is 2. The van der Waals surface area contributed by atoms with E-state index in [1.807, 2.05) is 24.3 Å². The SMILES string of the molecule is O=C1CC[C@@H](NC(=O)C2CCOc3ccccc32)C(=O)N1. The fourth-order valence-corrected chi connectivity index (χ4v) is 2.72. The lowest BCUT2D eigenvalue weighted by Crippen LogP contribution is -2.53. The quantitative estimate of drug-likeness (QED) is 0.775. The highest BCUT2D eigenvalue weighted by atomic mass is 16.5. The van der Waals surface area contributed by atoms with E-state index in [2.05, 4.69) is 10.6 Å². The van der Waals surface area contributed by atoms with Crippen molar-refractivity contribution in [2.75, 3.05) is 6.61 Å². The van der Waals surface area contributed by atoms with Crippen LogP contribution in [0.1, 0.15) is 30.7 Å². The fourth-order valence-electron chi connectivity index (χ4n) is 2.72. The summed E-state index contributed by atoms with van der Waals surface area (Å²) in [7, 11) is 0. The number of carbonyl (C=O) groups is 3. The molecule has 0 aromatic heterocycles. The molecule has 110 valence electrons. The molecular weight excluding hydrogens is 272 g/mol. The molecule has 2 aliphatic rings. The van der Waals surface area contributed by atoms with Gasteiger partial charge in [0.05, 0.1) is 12.5 Å². The van der Waals surface area contributed by atoms with Crippen LogP contribution >= 0.6 is 0 Å². The van der Waals surface area contributed by atoms with E-state index in [-0.39, 0.29) is 24.2 Å². The molecule has 2 N–H and O–H groups in total. The average Bonchev–Trinajstić information content (AvgIpc) is 2.49. The van der Waals surface area contributed by atoms with Crippen molar-refractivity contribution in [2.45, 2.75) is 31.2 Å². The van der Waals surface area contributed by atoms with Gasteiger partial charge in [-0.05, 0) is 18.9 Å². The van der Waals surface area contributed by atoms with Crippen LogP contribution in [0.5, 0.6) is 5.75 Å².